The molecule has 3 rings (SSSR count). The van der Waals surface area contributed by atoms with Gasteiger partial charge in [0.25, 0.3) is 5.91 Å². The number of urea groups is 1. The van der Waals surface area contributed by atoms with Crippen molar-refractivity contribution in [2.75, 3.05) is 13.7 Å². The number of ether oxygens (including phenoxy) is 2. The highest BCUT2D eigenvalue weighted by Gasteiger charge is 2.51. The van der Waals surface area contributed by atoms with Crippen LogP contribution in [0, 0.1) is 0 Å². The molecule has 3 amide bonds. The first-order valence-electron chi connectivity index (χ1n) is 10.6. The highest BCUT2D eigenvalue weighted by Crippen LogP contribution is 2.34. The molecule has 1 N–H and O–H groups in total. The van der Waals surface area contributed by atoms with Crippen molar-refractivity contribution in [2.24, 2.45) is 5.10 Å². The van der Waals surface area contributed by atoms with E-state index in [2.05, 4.69) is 17.3 Å². The van der Waals surface area contributed by atoms with E-state index in [1.165, 1.54) is 19.1 Å². The minimum Gasteiger partial charge on any atom is -0.493 e. The molecule has 7 nitrogen and oxygen atoms in total. The Morgan fingerprint density at radius 2 is 1.93 bits per heavy atom. The van der Waals surface area contributed by atoms with Gasteiger partial charge in [-0.3, -0.25) is 4.79 Å². The zero-order chi connectivity index (χ0) is 20.7. The first kappa shape index (κ1) is 21.1. The number of hydrogen-bond acceptors (Lipinski definition) is 5. The molecule has 0 atom stereocenters. The van der Waals surface area contributed by atoms with Crippen LogP contribution in [0.25, 0.3) is 0 Å². The Labute approximate surface area is 172 Å². The minimum absolute atomic E-state index is 0.252. The first-order valence-corrected chi connectivity index (χ1v) is 10.6. The monoisotopic (exact) mass is 401 g/mol. The summed E-state index contributed by atoms with van der Waals surface area (Å²) in [6.07, 6.45) is 10.4. The Morgan fingerprint density at radius 1 is 1.14 bits per heavy atom. The summed E-state index contributed by atoms with van der Waals surface area (Å²) < 4.78 is 11.2. The largest absolute Gasteiger partial charge is 0.493 e. The molecule has 158 valence electrons. The number of nitrogens with zero attached hydrogens (tertiary/aromatic N) is 2. The third-order valence-corrected chi connectivity index (χ3v) is 5.61. The van der Waals surface area contributed by atoms with Gasteiger partial charge in [0.1, 0.15) is 5.54 Å². The van der Waals surface area contributed by atoms with Crippen LogP contribution in [0.2, 0.25) is 0 Å². The van der Waals surface area contributed by atoms with Crippen LogP contribution in [0.5, 0.6) is 11.5 Å². The fourth-order valence-corrected chi connectivity index (χ4v) is 3.92. The average molecular weight is 402 g/mol. The molecule has 1 aromatic rings. The van der Waals surface area contributed by atoms with Crippen molar-refractivity contribution >= 4 is 18.2 Å². The maximum Gasteiger partial charge on any atom is 0.346 e. The summed E-state index contributed by atoms with van der Waals surface area (Å²) in [6, 6.07) is 5.00. The molecule has 1 spiro atoms. The van der Waals surface area contributed by atoms with Crippen LogP contribution in [-0.4, -0.2) is 42.4 Å². The number of carbonyl (C=O) groups excluding carboxylic acids is 2. The Bertz CT molecular complexity index is 756. The number of amides is 3. The van der Waals surface area contributed by atoms with Gasteiger partial charge in [-0.25, -0.2) is 4.79 Å². The van der Waals surface area contributed by atoms with Gasteiger partial charge < -0.3 is 14.8 Å². The van der Waals surface area contributed by atoms with Gasteiger partial charge in [-0.2, -0.15) is 5.10 Å². The smallest absolute Gasteiger partial charge is 0.346 e. The highest BCUT2D eigenvalue weighted by atomic mass is 16.5. The van der Waals surface area contributed by atoms with Crippen LogP contribution in [0.3, 0.4) is 0 Å². The lowest BCUT2D eigenvalue weighted by Crippen LogP contribution is -2.48. The summed E-state index contributed by atoms with van der Waals surface area (Å²) in [5, 5.41) is 7.96. The van der Waals surface area contributed by atoms with Crippen LogP contribution in [0.4, 0.5) is 4.79 Å². The number of imide groups is 1. The summed E-state index contributed by atoms with van der Waals surface area (Å²) in [6.45, 7) is 2.83. The van der Waals surface area contributed by atoms with Crippen LogP contribution in [0.1, 0.15) is 70.3 Å². The number of nitrogens with one attached hydrogen (secondary N) is 1. The lowest BCUT2D eigenvalue weighted by atomic mass is 9.82. The first-order chi connectivity index (χ1) is 14.1. The van der Waals surface area contributed by atoms with Gasteiger partial charge in [-0.1, -0.05) is 45.4 Å². The fourth-order valence-electron chi connectivity index (χ4n) is 3.92. The van der Waals surface area contributed by atoms with E-state index in [4.69, 9.17) is 9.47 Å². The predicted octanol–water partition coefficient (Wildman–Crippen LogP) is 4.24. The molecule has 2 aliphatic rings. The summed E-state index contributed by atoms with van der Waals surface area (Å²) in [4.78, 5) is 25.1. The number of benzene rings is 1. The van der Waals surface area contributed by atoms with Crippen molar-refractivity contribution in [3.05, 3.63) is 23.8 Å². The van der Waals surface area contributed by atoms with Crippen molar-refractivity contribution in [1.82, 2.24) is 10.3 Å². The summed E-state index contributed by atoms with van der Waals surface area (Å²) in [7, 11) is 1.59. The van der Waals surface area contributed by atoms with Crippen LogP contribution >= 0.6 is 0 Å². The second-order valence-corrected chi connectivity index (χ2v) is 7.75. The molecule has 0 bridgehead atoms. The topological polar surface area (TPSA) is 80.2 Å². The molecular weight excluding hydrogens is 370 g/mol. The molecular formula is C22H31N3O4. The number of carbonyl (C=O) groups is 2. The van der Waals surface area contributed by atoms with Crippen LogP contribution < -0.4 is 14.8 Å². The number of methoxy groups -OCH3 is 1. The van der Waals surface area contributed by atoms with E-state index >= 15 is 0 Å². The van der Waals surface area contributed by atoms with E-state index in [0.717, 1.165) is 42.7 Å². The van der Waals surface area contributed by atoms with E-state index in [-0.39, 0.29) is 5.91 Å². The summed E-state index contributed by atoms with van der Waals surface area (Å²) in [5.74, 6) is 1.03. The molecule has 1 aromatic carbocycles. The lowest BCUT2D eigenvalue weighted by Gasteiger charge is -2.29. The number of hydrazone groups is 1. The van der Waals surface area contributed by atoms with E-state index in [1.54, 1.807) is 13.2 Å². The van der Waals surface area contributed by atoms with Gasteiger partial charge in [-0.15, -0.1) is 5.01 Å². The zero-order valence-corrected chi connectivity index (χ0v) is 17.4. The second-order valence-electron chi connectivity index (χ2n) is 7.75. The molecule has 0 unspecified atom stereocenters. The number of rotatable bonds is 9. The standard InChI is InChI=1S/C22H31N3O4/c1-3-4-5-9-14-29-18-11-10-17(15-19(18)28-2)16-23-25-20(26)22(24-21(25)27)12-7-6-8-13-22/h10-11,15-16H,3-9,12-14H2,1-2H3,(H,24,27)/b23-16-. The average Bonchev–Trinajstić information content (AvgIpc) is 2.96. The molecule has 7 heteroatoms. The van der Waals surface area contributed by atoms with E-state index in [1.807, 2.05) is 12.1 Å². The molecule has 1 aliphatic heterocycles. The Hall–Kier alpha value is -2.57. The van der Waals surface area contributed by atoms with Gasteiger partial charge in [0.05, 0.1) is 19.9 Å². The van der Waals surface area contributed by atoms with E-state index < -0.39 is 11.6 Å². The highest BCUT2D eigenvalue weighted by molar-refractivity contribution is 6.07. The van der Waals surface area contributed by atoms with Gasteiger partial charge in [0.15, 0.2) is 11.5 Å². The Balaban J connectivity index is 1.64. The van der Waals surface area contributed by atoms with Crippen molar-refractivity contribution in [1.29, 1.82) is 0 Å². The van der Waals surface area contributed by atoms with E-state index in [9.17, 15) is 9.59 Å². The molecule has 1 aliphatic carbocycles. The van der Waals surface area contributed by atoms with Gasteiger partial charge in [-0.05, 0) is 43.0 Å². The Kier molecular flexibility index (Phi) is 7.12. The molecule has 29 heavy (non-hydrogen) atoms. The Morgan fingerprint density at radius 3 is 2.66 bits per heavy atom. The summed E-state index contributed by atoms with van der Waals surface area (Å²) in [5.41, 5.74) is -0.0368. The van der Waals surface area contributed by atoms with E-state index in [0.29, 0.717) is 30.9 Å². The summed E-state index contributed by atoms with van der Waals surface area (Å²) >= 11 is 0. The molecule has 2 fully saturated rings. The second kappa shape index (κ2) is 9.76. The maximum absolute atomic E-state index is 12.8. The third-order valence-electron chi connectivity index (χ3n) is 5.61. The zero-order valence-electron chi connectivity index (χ0n) is 17.4. The van der Waals surface area contributed by atoms with Gasteiger partial charge in [0, 0.05) is 0 Å². The number of unbranched alkanes of at least 4 members (excludes halogenated alkanes) is 3. The van der Waals surface area contributed by atoms with Crippen molar-refractivity contribution in [2.45, 2.75) is 70.3 Å². The minimum atomic E-state index is -0.764. The molecule has 1 saturated heterocycles. The van der Waals surface area contributed by atoms with Crippen molar-refractivity contribution in [3.8, 4) is 11.5 Å². The molecule has 0 radical (unpaired) electrons. The van der Waals surface area contributed by atoms with Gasteiger partial charge >= 0.3 is 6.03 Å². The number of hydrogen-bond donors (Lipinski definition) is 1. The molecule has 1 saturated carbocycles. The normalized spacial score (nSPS) is 18.5. The lowest BCUT2D eigenvalue weighted by molar-refractivity contribution is -0.132. The molecule has 1 heterocycles. The maximum atomic E-state index is 12.8. The quantitative estimate of drug-likeness (QED) is 0.381. The van der Waals surface area contributed by atoms with Crippen molar-refractivity contribution < 1.29 is 19.1 Å². The van der Waals surface area contributed by atoms with Crippen molar-refractivity contribution in [3.63, 3.8) is 0 Å². The van der Waals surface area contributed by atoms with Gasteiger partial charge in [0.2, 0.25) is 0 Å². The third kappa shape index (κ3) is 4.89. The fraction of sp³-hybridized carbons (Fsp3) is 0.591. The van der Waals surface area contributed by atoms with Crippen LogP contribution in [-0.2, 0) is 4.79 Å². The van der Waals surface area contributed by atoms with Crippen LogP contribution in [0.15, 0.2) is 23.3 Å². The molecule has 0 aromatic heterocycles. The SMILES string of the molecule is CCCCCCOc1ccc(/C=N\N2C(=O)NC3(CCCCC3)C2=O)cc1OC. The predicted molar refractivity (Wildman–Crippen MR) is 111 cm³/mol.